The number of carbonyl (C=O) groups is 1. The molecule has 2 aromatic heterocycles. The molecular weight excluding hydrogens is 478 g/mol. The zero-order chi connectivity index (χ0) is 26.3. The van der Waals surface area contributed by atoms with E-state index >= 15 is 0 Å². The molecule has 7 heteroatoms. The summed E-state index contributed by atoms with van der Waals surface area (Å²) in [5.74, 6) is -0.0990. The van der Waals surface area contributed by atoms with Crippen LogP contribution in [0.2, 0.25) is 0 Å². The number of hydrogen-bond acceptors (Lipinski definition) is 3. The van der Waals surface area contributed by atoms with Crippen molar-refractivity contribution in [3.8, 4) is 5.69 Å². The van der Waals surface area contributed by atoms with Gasteiger partial charge in [-0.25, -0.2) is 0 Å². The first-order valence-corrected chi connectivity index (χ1v) is 12.8. The number of benzene rings is 2. The second-order valence-corrected chi connectivity index (χ2v) is 10.1. The van der Waals surface area contributed by atoms with Gasteiger partial charge >= 0.3 is 0 Å². The van der Waals surface area contributed by atoms with E-state index in [0.717, 1.165) is 28.5 Å². The van der Waals surface area contributed by atoms with Gasteiger partial charge < -0.3 is 20.1 Å². The van der Waals surface area contributed by atoms with Crippen molar-refractivity contribution < 1.29 is 4.79 Å². The molecule has 0 spiro atoms. The monoisotopic (exact) mass is 509 g/mol. The second kappa shape index (κ2) is 9.82. The molecule has 1 amide bonds. The number of aromatic nitrogens is 2. The van der Waals surface area contributed by atoms with Gasteiger partial charge in [-0.1, -0.05) is 12.1 Å². The Morgan fingerprint density at radius 2 is 1.65 bits per heavy atom. The summed E-state index contributed by atoms with van der Waals surface area (Å²) in [5.41, 5.74) is 9.78. The predicted molar refractivity (Wildman–Crippen MR) is 153 cm³/mol. The lowest BCUT2D eigenvalue weighted by Crippen LogP contribution is -2.29. The number of amides is 1. The Hall–Kier alpha value is -3.97. The first-order chi connectivity index (χ1) is 17.7. The molecule has 4 aromatic rings. The molecule has 3 heterocycles. The summed E-state index contributed by atoms with van der Waals surface area (Å²) >= 11 is 5.90. The van der Waals surface area contributed by atoms with Crippen molar-refractivity contribution in [3.63, 3.8) is 0 Å². The Kier molecular flexibility index (Phi) is 6.56. The first kappa shape index (κ1) is 24.7. The van der Waals surface area contributed by atoms with Gasteiger partial charge in [-0.2, -0.15) is 0 Å². The topological polar surface area (TPSA) is 62.2 Å². The van der Waals surface area contributed by atoms with E-state index in [1.165, 1.54) is 29.3 Å². The van der Waals surface area contributed by atoms with Crippen LogP contribution in [0.5, 0.6) is 0 Å². The molecule has 2 N–H and O–H groups in total. The molecule has 2 aromatic carbocycles. The van der Waals surface area contributed by atoms with Crippen molar-refractivity contribution >= 4 is 34.6 Å². The van der Waals surface area contributed by atoms with E-state index in [2.05, 4.69) is 77.0 Å². The number of nitrogens with one attached hydrogen (secondary N) is 2. The van der Waals surface area contributed by atoms with Gasteiger partial charge in [0.25, 0.3) is 0 Å². The average molecular weight is 510 g/mol. The van der Waals surface area contributed by atoms with Crippen molar-refractivity contribution in [2.75, 3.05) is 10.2 Å². The highest BCUT2D eigenvalue weighted by Gasteiger charge is 2.42. The van der Waals surface area contributed by atoms with E-state index in [0.29, 0.717) is 5.11 Å². The van der Waals surface area contributed by atoms with Crippen LogP contribution in [0.3, 0.4) is 0 Å². The number of hydrogen-bond donors (Lipinski definition) is 2. The predicted octanol–water partition coefficient (Wildman–Crippen LogP) is 6.24. The minimum absolute atomic E-state index is 0.0990. The van der Waals surface area contributed by atoms with Gasteiger partial charge in [0.1, 0.15) is 0 Å². The Morgan fingerprint density at radius 3 is 2.27 bits per heavy atom. The van der Waals surface area contributed by atoms with Gasteiger partial charge in [0.05, 0.1) is 17.8 Å². The third-order valence-corrected chi connectivity index (χ3v) is 7.13. The molecule has 0 bridgehead atoms. The number of pyridine rings is 1. The maximum atomic E-state index is 11.5. The van der Waals surface area contributed by atoms with E-state index in [1.54, 1.807) is 0 Å². The van der Waals surface area contributed by atoms with Crippen LogP contribution in [0, 0.1) is 27.7 Å². The quantitative estimate of drug-likeness (QED) is 0.312. The zero-order valence-electron chi connectivity index (χ0n) is 21.7. The van der Waals surface area contributed by atoms with Crippen LogP contribution in [0.4, 0.5) is 11.4 Å². The molecule has 0 radical (unpaired) electrons. The standard InChI is InChI=1S/C30H31N5OS/c1-18-14-19(2)16-25(15-18)34-20(3)17-26(21(34)4)29-28(27-8-6-7-13-31-27)33-30(37)35(29)24-11-9-23(10-12-24)32-22(5)36/h6-17,28-29H,1-5H3,(H,32,36)(H,33,37)/t28-,29+/m0/s1. The maximum Gasteiger partial charge on any atom is 0.221 e. The fourth-order valence-electron chi connectivity index (χ4n) is 5.42. The number of aryl methyl sites for hydroxylation is 3. The van der Waals surface area contributed by atoms with Crippen LogP contribution < -0.4 is 15.5 Å². The summed E-state index contributed by atoms with van der Waals surface area (Å²) in [5, 5.41) is 7.03. The van der Waals surface area contributed by atoms with Crippen LogP contribution in [0.15, 0.2) is 72.9 Å². The van der Waals surface area contributed by atoms with E-state index in [4.69, 9.17) is 12.2 Å². The van der Waals surface area contributed by atoms with Crippen LogP contribution >= 0.6 is 12.2 Å². The van der Waals surface area contributed by atoms with E-state index in [-0.39, 0.29) is 18.0 Å². The van der Waals surface area contributed by atoms with Crippen molar-refractivity contribution in [1.29, 1.82) is 0 Å². The third-order valence-electron chi connectivity index (χ3n) is 6.82. The molecular formula is C30H31N5OS. The summed E-state index contributed by atoms with van der Waals surface area (Å²) in [6.07, 6.45) is 1.82. The molecule has 1 fully saturated rings. The van der Waals surface area contributed by atoms with Crippen molar-refractivity contribution in [3.05, 3.63) is 107 Å². The number of anilines is 2. The van der Waals surface area contributed by atoms with Crippen LogP contribution in [0.25, 0.3) is 5.69 Å². The van der Waals surface area contributed by atoms with E-state index in [9.17, 15) is 4.79 Å². The molecule has 5 rings (SSSR count). The normalized spacial score (nSPS) is 17.1. The minimum atomic E-state index is -0.128. The number of rotatable bonds is 5. The summed E-state index contributed by atoms with van der Waals surface area (Å²) in [6, 6.07) is 22.5. The molecule has 37 heavy (non-hydrogen) atoms. The molecule has 1 aliphatic heterocycles. The molecule has 1 saturated heterocycles. The summed E-state index contributed by atoms with van der Waals surface area (Å²) < 4.78 is 2.32. The highest BCUT2D eigenvalue weighted by atomic mass is 32.1. The first-order valence-electron chi connectivity index (χ1n) is 12.4. The Labute approximate surface area is 223 Å². The maximum absolute atomic E-state index is 11.5. The molecule has 1 aliphatic rings. The SMILES string of the molecule is CC(=O)Nc1ccc(N2C(=S)N[C@@H](c3ccccn3)[C@H]2c2cc(C)n(-c3cc(C)cc(C)c3)c2C)cc1. The Morgan fingerprint density at radius 1 is 0.946 bits per heavy atom. The fraction of sp³-hybridized carbons (Fsp3) is 0.233. The van der Waals surface area contributed by atoms with Crippen molar-refractivity contribution in [1.82, 2.24) is 14.9 Å². The van der Waals surface area contributed by atoms with Gasteiger partial charge in [0, 0.05) is 41.6 Å². The van der Waals surface area contributed by atoms with Crippen LogP contribution in [0.1, 0.15) is 52.8 Å². The molecule has 2 atom stereocenters. The summed E-state index contributed by atoms with van der Waals surface area (Å²) in [7, 11) is 0. The summed E-state index contributed by atoms with van der Waals surface area (Å²) in [6.45, 7) is 10.1. The Bertz CT molecular complexity index is 1460. The molecule has 6 nitrogen and oxygen atoms in total. The van der Waals surface area contributed by atoms with Crippen LogP contribution in [-0.4, -0.2) is 20.6 Å². The van der Waals surface area contributed by atoms with Gasteiger partial charge in [-0.3, -0.25) is 9.78 Å². The number of thiocarbonyl (C=S) groups is 1. The smallest absolute Gasteiger partial charge is 0.221 e. The third kappa shape index (κ3) is 4.74. The highest BCUT2D eigenvalue weighted by molar-refractivity contribution is 7.80. The zero-order valence-corrected chi connectivity index (χ0v) is 22.6. The average Bonchev–Trinajstić information content (AvgIpc) is 3.34. The second-order valence-electron chi connectivity index (χ2n) is 9.73. The fourth-order valence-corrected chi connectivity index (χ4v) is 5.77. The summed E-state index contributed by atoms with van der Waals surface area (Å²) in [4.78, 5) is 18.4. The van der Waals surface area contributed by atoms with Crippen molar-refractivity contribution in [2.45, 2.75) is 46.7 Å². The molecule has 0 saturated carbocycles. The molecule has 188 valence electrons. The lowest BCUT2D eigenvalue weighted by Gasteiger charge is -2.28. The van der Waals surface area contributed by atoms with Gasteiger partial charge in [0.2, 0.25) is 5.91 Å². The lowest BCUT2D eigenvalue weighted by molar-refractivity contribution is -0.114. The van der Waals surface area contributed by atoms with E-state index < -0.39 is 0 Å². The number of nitrogens with zero attached hydrogens (tertiary/aromatic N) is 3. The van der Waals surface area contributed by atoms with Crippen molar-refractivity contribution in [2.24, 2.45) is 0 Å². The van der Waals surface area contributed by atoms with Gasteiger partial charge in [-0.15, -0.1) is 0 Å². The lowest BCUT2D eigenvalue weighted by atomic mass is 9.96. The molecule has 0 unspecified atom stereocenters. The minimum Gasteiger partial charge on any atom is -0.351 e. The van der Waals surface area contributed by atoms with Gasteiger partial charge in [0.15, 0.2) is 5.11 Å². The van der Waals surface area contributed by atoms with E-state index in [1.807, 2.05) is 48.7 Å². The van der Waals surface area contributed by atoms with Gasteiger partial charge in [-0.05, 0) is 111 Å². The van der Waals surface area contributed by atoms with Crippen LogP contribution in [-0.2, 0) is 4.79 Å². The highest BCUT2D eigenvalue weighted by Crippen LogP contribution is 2.44. The molecule has 0 aliphatic carbocycles. The number of carbonyl (C=O) groups excluding carboxylic acids is 1. The largest absolute Gasteiger partial charge is 0.351 e. The Balaban J connectivity index is 1.64.